The maximum Gasteiger partial charge on any atom is 0.165 e. The molecule has 1 rings (SSSR count). The molecule has 0 aliphatic carbocycles. The molecule has 0 amide bonds. The molecule has 88 valence electrons. The molecule has 1 heteroatoms. The van der Waals surface area contributed by atoms with Crippen LogP contribution in [0.5, 0.6) is 0 Å². The van der Waals surface area contributed by atoms with E-state index in [1.165, 1.54) is 11.1 Å². The van der Waals surface area contributed by atoms with Gasteiger partial charge in [-0.05, 0) is 36.5 Å². The Bertz CT molecular complexity index is 366. The summed E-state index contributed by atoms with van der Waals surface area (Å²) < 4.78 is 0. The third kappa shape index (κ3) is 2.72. The molecule has 0 saturated carbocycles. The number of aryl methyl sites for hydroxylation is 2. The minimum absolute atomic E-state index is 0.136. The molecule has 0 radical (unpaired) electrons. The molecule has 0 bridgehead atoms. The molecule has 0 heterocycles. The molecule has 1 aromatic rings. The molecule has 1 unspecified atom stereocenters. The Kier molecular flexibility index (Phi) is 4.72. The molecule has 1 aromatic carbocycles. The van der Waals surface area contributed by atoms with Crippen LogP contribution >= 0.6 is 0 Å². The zero-order chi connectivity index (χ0) is 12.1. The number of hydrogen-bond acceptors (Lipinski definition) is 1. The summed E-state index contributed by atoms with van der Waals surface area (Å²) in [6.07, 6.45) is 2.96. The van der Waals surface area contributed by atoms with Gasteiger partial charge in [-0.1, -0.05) is 39.8 Å². The van der Waals surface area contributed by atoms with Gasteiger partial charge in [0.15, 0.2) is 5.78 Å². The number of rotatable bonds is 5. The summed E-state index contributed by atoms with van der Waals surface area (Å²) >= 11 is 0. The van der Waals surface area contributed by atoms with Gasteiger partial charge in [0.1, 0.15) is 0 Å². The van der Waals surface area contributed by atoms with E-state index in [0.29, 0.717) is 0 Å². The van der Waals surface area contributed by atoms with Crippen molar-refractivity contribution in [3.63, 3.8) is 0 Å². The molecule has 0 aromatic heterocycles. The second-order valence-electron chi connectivity index (χ2n) is 4.36. The number of hydrogen-bond donors (Lipinski definition) is 0. The van der Waals surface area contributed by atoms with Crippen molar-refractivity contribution in [3.8, 4) is 0 Å². The highest BCUT2D eigenvalue weighted by Gasteiger charge is 2.14. The van der Waals surface area contributed by atoms with Crippen LogP contribution in [0.1, 0.15) is 55.6 Å². The van der Waals surface area contributed by atoms with Gasteiger partial charge in [-0.3, -0.25) is 4.79 Å². The van der Waals surface area contributed by atoms with Crippen LogP contribution in [-0.4, -0.2) is 5.78 Å². The lowest BCUT2D eigenvalue weighted by atomic mass is 9.93. The standard InChI is InChI=1S/C15H22O/c1-5-11(4)15(16)14-9-8-12(6-2)13(7-3)10-14/h8-11H,5-7H2,1-4H3. The van der Waals surface area contributed by atoms with Crippen LogP contribution < -0.4 is 0 Å². The maximum atomic E-state index is 12.0. The monoisotopic (exact) mass is 218 g/mol. The van der Waals surface area contributed by atoms with Gasteiger partial charge in [0.2, 0.25) is 0 Å². The first-order valence-corrected chi connectivity index (χ1v) is 6.29. The highest BCUT2D eigenvalue weighted by molar-refractivity contribution is 5.97. The lowest BCUT2D eigenvalue weighted by Gasteiger charge is -2.11. The van der Waals surface area contributed by atoms with E-state index in [0.717, 1.165) is 24.8 Å². The van der Waals surface area contributed by atoms with Crippen molar-refractivity contribution in [2.24, 2.45) is 5.92 Å². The first-order valence-electron chi connectivity index (χ1n) is 6.29. The van der Waals surface area contributed by atoms with Gasteiger partial charge in [0.25, 0.3) is 0 Å². The zero-order valence-corrected chi connectivity index (χ0v) is 10.8. The van der Waals surface area contributed by atoms with Crippen molar-refractivity contribution in [3.05, 3.63) is 34.9 Å². The summed E-state index contributed by atoms with van der Waals surface area (Å²) in [5.41, 5.74) is 3.56. The highest BCUT2D eigenvalue weighted by Crippen LogP contribution is 2.17. The largest absolute Gasteiger partial charge is 0.294 e. The van der Waals surface area contributed by atoms with Gasteiger partial charge >= 0.3 is 0 Å². The zero-order valence-electron chi connectivity index (χ0n) is 10.8. The molecule has 0 N–H and O–H groups in total. The minimum atomic E-state index is 0.136. The maximum absolute atomic E-state index is 12.0. The fourth-order valence-corrected chi connectivity index (χ4v) is 1.92. The second kappa shape index (κ2) is 5.83. The Morgan fingerprint density at radius 1 is 1.12 bits per heavy atom. The smallest absolute Gasteiger partial charge is 0.165 e. The molecule has 16 heavy (non-hydrogen) atoms. The van der Waals surface area contributed by atoms with Crippen LogP contribution in [0.15, 0.2) is 18.2 Å². The van der Waals surface area contributed by atoms with E-state index in [4.69, 9.17) is 0 Å². The van der Waals surface area contributed by atoms with E-state index >= 15 is 0 Å². The Hall–Kier alpha value is -1.11. The number of carbonyl (C=O) groups excluding carboxylic acids is 1. The SMILES string of the molecule is CCc1ccc(C(=O)C(C)CC)cc1CC. The van der Waals surface area contributed by atoms with Gasteiger partial charge in [0.05, 0.1) is 0 Å². The van der Waals surface area contributed by atoms with Gasteiger partial charge in [0, 0.05) is 11.5 Å². The summed E-state index contributed by atoms with van der Waals surface area (Å²) in [6.45, 7) is 8.36. The van der Waals surface area contributed by atoms with Crippen molar-refractivity contribution < 1.29 is 4.79 Å². The summed E-state index contributed by atoms with van der Waals surface area (Å²) in [5, 5.41) is 0. The fourth-order valence-electron chi connectivity index (χ4n) is 1.92. The molecule has 1 atom stereocenters. The summed E-state index contributed by atoms with van der Waals surface area (Å²) in [6, 6.07) is 6.16. The third-order valence-corrected chi connectivity index (χ3v) is 3.31. The van der Waals surface area contributed by atoms with Crippen molar-refractivity contribution >= 4 is 5.78 Å². The van der Waals surface area contributed by atoms with Crippen molar-refractivity contribution in [1.29, 1.82) is 0 Å². The average molecular weight is 218 g/mol. The predicted molar refractivity (Wildman–Crippen MR) is 69.0 cm³/mol. The lowest BCUT2D eigenvalue weighted by molar-refractivity contribution is 0.0927. The normalized spacial score (nSPS) is 12.5. The number of benzene rings is 1. The Morgan fingerprint density at radius 2 is 1.75 bits per heavy atom. The van der Waals surface area contributed by atoms with Gasteiger partial charge in [-0.25, -0.2) is 0 Å². The Morgan fingerprint density at radius 3 is 2.25 bits per heavy atom. The Balaban J connectivity index is 3.03. The van der Waals surface area contributed by atoms with Crippen molar-refractivity contribution in [2.75, 3.05) is 0 Å². The first kappa shape index (κ1) is 13.0. The molecule has 0 aliphatic rings. The Labute approximate surface area is 98.9 Å². The quantitative estimate of drug-likeness (QED) is 0.682. The molecule has 0 fully saturated rings. The van der Waals surface area contributed by atoms with E-state index in [1.54, 1.807) is 0 Å². The van der Waals surface area contributed by atoms with Crippen LogP contribution in [0.25, 0.3) is 0 Å². The molecule has 0 spiro atoms. The van der Waals surface area contributed by atoms with Crippen LogP contribution in [-0.2, 0) is 12.8 Å². The van der Waals surface area contributed by atoms with E-state index < -0.39 is 0 Å². The van der Waals surface area contributed by atoms with Crippen LogP contribution in [0.4, 0.5) is 0 Å². The minimum Gasteiger partial charge on any atom is -0.294 e. The predicted octanol–water partition coefficient (Wildman–Crippen LogP) is 4.04. The summed E-state index contributed by atoms with van der Waals surface area (Å²) in [7, 11) is 0. The molecular weight excluding hydrogens is 196 g/mol. The number of ketones is 1. The van der Waals surface area contributed by atoms with Crippen LogP contribution in [0.3, 0.4) is 0 Å². The van der Waals surface area contributed by atoms with E-state index in [2.05, 4.69) is 32.9 Å². The van der Waals surface area contributed by atoms with Gasteiger partial charge in [-0.15, -0.1) is 0 Å². The van der Waals surface area contributed by atoms with E-state index in [-0.39, 0.29) is 11.7 Å². The third-order valence-electron chi connectivity index (χ3n) is 3.31. The highest BCUT2D eigenvalue weighted by atomic mass is 16.1. The van der Waals surface area contributed by atoms with Crippen molar-refractivity contribution in [2.45, 2.75) is 47.0 Å². The molecule has 0 saturated heterocycles. The van der Waals surface area contributed by atoms with Gasteiger partial charge < -0.3 is 0 Å². The van der Waals surface area contributed by atoms with Gasteiger partial charge in [-0.2, -0.15) is 0 Å². The van der Waals surface area contributed by atoms with E-state index in [1.807, 2.05) is 13.0 Å². The summed E-state index contributed by atoms with van der Waals surface area (Å²) in [5.74, 6) is 0.414. The fraction of sp³-hybridized carbons (Fsp3) is 0.533. The summed E-state index contributed by atoms with van der Waals surface area (Å²) in [4.78, 5) is 12.0. The lowest BCUT2D eigenvalue weighted by Crippen LogP contribution is -2.11. The van der Waals surface area contributed by atoms with E-state index in [9.17, 15) is 4.79 Å². The number of Topliss-reactive ketones (excluding diaryl/α,β-unsaturated/α-hetero) is 1. The second-order valence-corrected chi connectivity index (χ2v) is 4.36. The topological polar surface area (TPSA) is 17.1 Å². The molecular formula is C15H22O. The first-order chi connectivity index (χ1) is 7.63. The molecule has 1 nitrogen and oxygen atoms in total. The van der Waals surface area contributed by atoms with Crippen LogP contribution in [0, 0.1) is 5.92 Å². The van der Waals surface area contributed by atoms with Crippen molar-refractivity contribution in [1.82, 2.24) is 0 Å². The average Bonchev–Trinajstić information content (AvgIpc) is 2.35. The number of carbonyl (C=O) groups is 1. The molecule has 0 aliphatic heterocycles. The van der Waals surface area contributed by atoms with Crippen LogP contribution in [0.2, 0.25) is 0 Å².